The molecular weight excluding hydrogens is 342 g/mol. The molecule has 0 N–H and O–H groups in total. The highest BCUT2D eigenvalue weighted by atomic mass is 16.3. The van der Waals surface area contributed by atoms with Gasteiger partial charge in [0.1, 0.15) is 5.76 Å². The quantitative estimate of drug-likeness (QED) is 0.346. The van der Waals surface area contributed by atoms with Crippen molar-refractivity contribution >= 4 is 11.1 Å². The molecule has 0 bridgehead atoms. The van der Waals surface area contributed by atoms with Crippen LogP contribution in [-0.4, -0.2) is 4.98 Å². The average Bonchev–Trinajstić information content (AvgIpc) is 3.07. The Morgan fingerprint density at radius 2 is 1.61 bits per heavy atom. The van der Waals surface area contributed by atoms with Gasteiger partial charge in [0.15, 0.2) is 0 Å². The number of hydrogen-bond donors (Lipinski definition) is 0. The van der Waals surface area contributed by atoms with Gasteiger partial charge in [-0.1, -0.05) is 72.3 Å². The van der Waals surface area contributed by atoms with E-state index < -0.39 is 0 Å². The Morgan fingerprint density at radius 1 is 0.893 bits per heavy atom. The molecule has 0 saturated carbocycles. The standard InChI is InChI=1S/C26H23NO/c1-4-9-21-17-23-22(10-5-2)25(20-11-7-6-8-12-20)28-26(23)27-24(21)19-15-13-18(3)14-16-19/h4-8,11-17H,1-2,9-10H2,3H3. The van der Waals surface area contributed by atoms with Gasteiger partial charge in [-0.2, -0.15) is 0 Å². The molecule has 28 heavy (non-hydrogen) atoms. The SMILES string of the molecule is C=CCc1cc2c(CC=C)c(-c3ccccc3)oc2nc1-c1ccc(C)cc1. The summed E-state index contributed by atoms with van der Waals surface area (Å²) in [6.45, 7) is 9.95. The number of nitrogens with zero attached hydrogens (tertiary/aromatic N) is 1. The zero-order valence-electron chi connectivity index (χ0n) is 16.1. The van der Waals surface area contributed by atoms with E-state index in [1.54, 1.807) is 0 Å². The first-order chi connectivity index (χ1) is 13.7. The Kier molecular flexibility index (Phi) is 4.94. The van der Waals surface area contributed by atoms with Crippen LogP contribution in [0.4, 0.5) is 0 Å². The van der Waals surface area contributed by atoms with Crippen LogP contribution in [0, 0.1) is 6.92 Å². The summed E-state index contributed by atoms with van der Waals surface area (Å²) in [7, 11) is 0. The third kappa shape index (κ3) is 3.29. The number of rotatable bonds is 6. The summed E-state index contributed by atoms with van der Waals surface area (Å²) in [5, 5.41) is 1.05. The maximum absolute atomic E-state index is 6.27. The molecule has 0 radical (unpaired) electrons. The Bertz CT molecular complexity index is 1130. The summed E-state index contributed by atoms with van der Waals surface area (Å²) in [6, 6.07) is 20.8. The van der Waals surface area contributed by atoms with Crippen LogP contribution >= 0.6 is 0 Å². The van der Waals surface area contributed by atoms with Crippen LogP contribution in [0.3, 0.4) is 0 Å². The molecule has 0 amide bonds. The average molecular weight is 365 g/mol. The van der Waals surface area contributed by atoms with Gasteiger partial charge in [-0.15, -0.1) is 13.2 Å². The molecule has 0 unspecified atom stereocenters. The third-order valence-electron chi connectivity index (χ3n) is 4.94. The van der Waals surface area contributed by atoms with Gasteiger partial charge in [-0.25, -0.2) is 4.98 Å². The van der Waals surface area contributed by atoms with Crippen LogP contribution in [-0.2, 0) is 12.8 Å². The van der Waals surface area contributed by atoms with E-state index >= 15 is 0 Å². The molecule has 138 valence electrons. The lowest BCUT2D eigenvalue weighted by molar-refractivity contribution is 0.615. The number of fused-ring (bicyclic) bond motifs is 1. The summed E-state index contributed by atoms with van der Waals surface area (Å²) in [4.78, 5) is 4.93. The van der Waals surface area contributed by atoms with E-state index in [1.807, 2.05) is 30.4 Å². The van der Waals surface area contributed by atoms with E-state index in [2.05, 4.69) is 62.5 Å². The molecule has 0 aliphatic carbocycles. The van der Waals surface area contributed by atoms with Gasteiger partial charge in [-0.05, 0) is 31.4 Å². The monoisotopic (exact) mass is 365 g/mol. The third-order valence-corrected chi connectivity index (χ3v) is 4.94. The lowest BCUT2D eigenvalue weighted by atomic mass is 9.98. The van der Waals surface area contributed by atoms with Crippen molar-refractivity contribution in [2.24, 2.45) is 0 Å². The maximum atomic E-state index is 6.27. The molecule has 0 saturated heterocycles. The fourth-order valence-electron chi connectivity index (χ4n) is 3.55. The molecule has 0 fully saturated rings. The summed E-state index contributed by atoms with van der Waals surface area (Å²) in [6.07, 6.45) is 5.32. The summed E-state index contributed by atoms with van der Waals surface area (Å²) in [5.41, 5.74) is 7.27. The van der Waals surface area contributed by atoms with Gasteiger partial charge in [0.25, 0.3) is 0 Å². The van der Waals surface area contributed by atoms with E-state index in [-0.39, 0.29) is 0 Å². The number of hydrogen-bond acceptors (Lipinski definition) is 2. The largest absolute Gasteiger partial charge is 0.437 e. The minimum Gasteiger partial charge on any atom is -0.437 e. The lowest BCUT2D eigenvalue weighted by Crippen LogP contribution is -1.94. The minimum absolute atomic E-state index is 0.666. The number of aromatic nitrogens is 1. The number of pyridine rings is 1. The predicted molar refractivity (Wildman–Crippen MR) is 117 cm³/mol. The van der Waals surface area contributed by atoms with E-state index in [9.17, 15) is 0 Å². The van der Waals surface area contributed by atoms with Crippen LogP contribution in [0.1, 0.15) is 16.7 Å². The van der Waals surface area contributed by atoms with Crippen molar-refractivity contribution in [3.63, 3.8) is 0 Å². The van der Waals surface area contributed by atoms with Crippen LogP contribution in [0.15, 0.2) is 90.4 Å². The molecule has 0 spiro atoms. The van der Waals surface area contributed by atoms with Crippen molar-refractivity contribution < 1.29 is 4.42 Å². The highest BCUT2D eigenvalue weighted by molar-refractivity contribution is 5.88. The van der Waals surface area contributed by atoms with Crippen LogP contribution < -0.4 is 0 Å². The van der Waals surface area contributed by atoms with E-state index in [4.69, 9.17) is 9.40 Å². The van der Waals surface area contributed by atoms with Crippen LogP contribution in [0.25, 0.3) is 33.7 Å². The zero-order valence-corrected chi connectivity index (χ0v) is 16.1. The van der Waals surface area contributed by atoms with Crippen LogP contribution in [0.2, 0.25) is 0 Å². The second-order valence-corrected chi connectivity index (χ2v) is 6.98. The van der Waals surface area contributed by atoms with Crippen molar-refractivity contribution in [1.82, 2.24) is 4.98 Å². The highest BCUT2D eigenvalue weighted by Crippen LogP contribution is 2.36. The lowest BCUT2D eigenvalue weighted by Gasteiger charge is -2.08. The molecule has 0 aliphatic rings. The highest BCUT2D eigenvalue weighted by Gasteiger charge is 2.19. The maximum Gasteiger partial charge on any atom is 0.227 e. The molecule has 2 heterocycles. The van der Waals surface area contributed by atoms with Crippen molar-refractivity contribution in [1.29, 1.82) is 0 Å². The number of allylic oxidation sites excluding steroid dienone is 2. The Hall–Kier alpha value is -3.39. The van der Waals surface area contributed by atoms with Crippen molar-refractivity contribution in [2.45, 2.75) is 19.8 Å². The van der Waals surface area contributed by atoms with E-state index in [1.165, 1.54) is 5.56 Å². The molecule has 2 heteroatoms. The summed E-state index contributed by atoms with van der Waals surface area (Å²) < 4.78 is 6.27. The van der Waals surface area contributed by atoms with Crippen LogP contribution in [0.5, 0.6) is 0 Å². The van der Waals surface area contributed by atoms with E-state index in [0.717, 1.165) is 51.9 Å². The first-order valence-corrected chi connectivity index (χ1v) is 9.50. The Labute approximate surface area is 165 Å². The van der Waals surface area contributed by atoms with Gasteiger partial charge in [0.2, 0.25) is 5.71 Å². The van der Waals surface area contributed by atoms with Gasteiger partial charge < -0.3 is 4.42 Å². The van der Waals surface area contributed by atoms with Crippen molar-refractivity contribution in [2.75, 3.05) is 0 Å². The minimum atomic E-state index is 0.666. The Morgan fingerprint density at radius 3 is 2.29 bits per heavy atom. The topological polar surface area (TPSA) is 26.0 Å². The second-order valence-electron chi connectivity index (χ2n) is 6.98. The van der Waals surface area contributed by atoms with Gasteiger partial charge in [0.05, 0.1) is 5.69 Å². The first kappa shape index (κ1) is 18.0. The number of furan rings is 1. The molecular formula is C26H23NO. The summed E-state index contributed by atoms with van der Waals surface area (Å²) in [5.74, 6) is 0.869. The van der Waals surface area contributed by atoms with Gasteiger partial charge >= 0.3 is 0 Å². The molecule has 0 atom stereocenters. The number of aryl methyl sites for hydroxylation is 1. The zero-order chi connectivity index (χ0) is 19.5. The molecule has 2 nitrogen and oxygen atoms in total. The normalized spacial score (nSPS) is 10.9. The molecule has 4 aromatic rings. The van der Waals surface area contributed by atoms with Gasteiger partial charge in [0, 0.05) is 22.1 Å². The summed E-state index contributed by atoms with van der Waals surface area (Å²) >= 11 is 0. The molecule has 2 aromatic carbocycles. The fraction of sp³-hybridized carbons (Fsp3) is 0.115. The van der Waals surface area contributed by atoms with Gasteiger partial charge in [-0.3, -0.25) is 0 Å². The predicted octanol–water partition coefficient (Wildman–Crippen LogP) is 6.93. The smallest absolute Gasteiger partial charge is 0.227 e. The van der Waals surface area contributed by atoms with Crippen molar-refractivity contribution in [3.8, 4) is 22.6 Å². The fourth-order valence-corrected chi connectivity index (χ4v) is 3.55. The molecule has 4 rings (SSSR count). The molecule has 0 aliphatic heterocycles. The number of benzene rings is 2. The van der Waals surface area contributed by atoms with Crippen molar-refractivity contribution in [3.05, 3.63) is 103 Å². The Balaban J connectivity index is 1.97. The van der Waals surface area contributed by atoms with E-state index in [0.29, 0.717) is 5.71 Å². The first-order valence-electron chi connectivity index (χ1n) is 9.50. The second kappa shape index (κ2) is 7.69. The molecule has 2 aromatic heterocycles.